The van der Waals surface area contributed by atoms with Crippen molar-refractivity contribution in [2.24, 2.45) is 0 Å². The van der Waals surface area contributed by atoms with Gasteiger partial charge in [-0.2, -0.15) is 4.98 Å². The van der Waals surface area contributed by atoms with Gasteiger partial charge >= 0.3 is 0 Å². The van der Waals surface area contributed by atoms with Crippen molar-refractivity contribution in [3.05, 3.63) is 30.2 Å². The monoisotopic (exact) mass is 274 g/mol. The molecule has 0 saturated carbocycles. The Hall–Kier alpha value is -2.02. The summed E-state index contributed by atoms with van der Waals surface area (Å²) < 4.78 is 5.25. The molecule has 7 heteroatoms. The van der Waals surface area contributed by atoms with Crippen LogP contribution in [0.5, 0.6) is 0 Å². The second-order valence-electron chi connectivity index (χ2n) is 4.93. The van der Waals surface area contributed by atoms with E-state index in [2.05, 4.69) is 36.8 Å². The molecule has 20 heavy (non-hydrogen) atoms. The Balaban J connectivity index is 1.61. The summed E-state index contributed by atoms with van der Waals surface area (Å²) >= 11 is 0. The number of piperazine rings is 1. The SMILES string of the molecule is Cc1noc([C@@H](C)N2CCN(c3ncccn3)CC2)n1. The van der Waals surface area contributed by atoms with Gasteiger partial charge in [-0.1, -0.05) is 5.16 Å². The van der Waals surface area contributed by atoms with Crippen molar-refractivity contribution in [1.82, 2.24) is 25.0 Å². The summed E-state index contributed by atoms with van der Waals surface area (Å²) in [5, 5.41) is 3.85. The lowest BCUT2D eigenvalue weighted by Crippen LogP contribution is -2.47. The van der Waals surface area contributed by atoms with E-state index in [4.69, 9.17) is 4.52 Å². The molecule has 1 aliphatic heterocycles. The van der Waals surface area contributed by atoms with E-state index in [-0.39, 0.29) is 6.04 Å². The number of hydrogen-bond acceptors (Lipinski definition) is 7. The fourth-order valence-corrected chi connectivity index (χ4v) is 2.40. The first kappa shape index (κ1) is 13.0. The molecule has 2 aromatic rings. The summed E-state index contributed by atoms with van der Waals surface area (Å²) in [5.74, 6) is 2.17. The third kappa shape index (κ3) is 2.62. The van der Waals surface area contributed by atoms with Crippen LogP contribution in [-0.4, -0.2) is 51.2 Å². The molecule has 0 unspecified atom stereocenters. The minimum Gasteiger partial charge on any atom is -0.338 e. The van der Waals surface area contributed by atoms with E-state index in [9.17, 15) is 0 Å². The summed E-state index contributed by atoms with van der Waals surface area (Å²) in [6, 6.07) is 1.98. The van der Waals surface area contributed by atoms with Crippen LogP contribution in [0.4, 0.5) is 5.95 Å². The summed E-state index contributed by atoms with van der Waals surface area (Å²) in [5.41, 5.74) is 0. The van der Waals surface area contributed by atoms with Crippen LogP contribution in [0.25, 0.3) is 0 Å². The first-order valence-corrected chi connectivity index (χ1v) is 6.80. The maximum absolute atomic E-state index is 5.25. The topological polar surface area (TPSA) is 71.2 Å². The van der Waals surface area contributed by atoms with Gasteiger partial charge in [0.1, 0.15) is 0 Å². The second-order valence-corrected chi connectivity index (χ2v) is 4.93. The number of rotatable bonds is 3. The van der Waals surface area contributed by atoms with Gasteiger partial charge in [-0.15, -0.1) is 0 Å². The fourth-order valence-electron chi connectivity index (χ4n) is 2.40. The van der Waals surface area contributed by atoms with Crippen molar-refractivity contribution in [2.75, 3.05) is 31.1 Å². The van der Waals surface area contributed by atoms with Crippen LogP contribution < -0.4 is 4.90 Å². The third-order valence-corrected chi connectivity index (χ3v) is 3.60. The average Bonchev–Trinajstić information content (AvgIpc) is 2.94. The largest absolute Gasteiger partial charge is 0.338 e. The van der Waals surface area contributed by atoms with Crippen LogP contribution in [0.3, 0.4) is 0 Å². The Kier molecular flexibility index (Phi) is 3.60. The Labute approximate surface area is 117 Å². The average molecular weight is 274 g/mol. The normalized spacial score (nSPS) is 18.2. The first-order valence-electron chi connectivity index (χ1n) is 6.80. The number of hydrogen-bond donors (Lipinski definition) is 0. The molecular weight excluding hydrogens is 256 g/mol. The Morgan fingerprint density at radius 2 is 1.85 bits per heavy atom. The lowest BCUT2D eigenvalue weighted by Gasteiger charge is -2.36. The molecule has 0 aliphatic carbocycles. The zero-order valence-electron chi connectivity index (χ0n) is 11.7. The van der Waals surface area contributed by atoms with Crippen molar-refractivity contribution < 1.29 is 4.52 Å². The predicted molar refractivity (Wildman–Crippen MR) is 73.3 cm³/mol. The maximum atomic E-state index is 5.25. The van der Waals surface area contributed by atoms with Crippen molar-refractivity contribution in [2.45, 2.75) is 19.9 Å². The standard InChI is InChI=1S/C13H18N6O/c1-10(12-16-11(2)17-20-12)18-6-8-19(9-7-18)13-14-4-3-5-15-13/h3-5,10H,6-9H2,1-2H3/t10-/m1/s1. The van der Waals surface area contributed by atoms with E-state index in [0.29, 0.717) is 11.7 Å². The minimum atomic E-state index is 0.148. The van der Waals surface area contributed by atoms with Crippen LogP contribution in [0.15, 0.2) is 23.0 Å². The maximum Gasteiger partial charge on any atom is 0.243 e. The molecular formula is C13H18N6O. The van der Waals surface area contributed by atoms with Crippen LogP contribution in [0, 0.1) is 6.92 Å². The van der Waals surface area contributed by atoms with Gasteiger partial charge in [0.15, 0.2) is 5.82 Å². The zero-order chi connectivity index (χ0) is 13.9. The predicted octanol–water partition coefficient (Wildman–Crippen LogP) is 1.05. The molecule has 0 amide bonds. The molecule has 1 atom stereocenters. The van der Waals surface area contributed by atoms with Gasteiger partial charge < -0.3 is 9.42 Å². The Morgan fingerprint density at radius 3 is 2.45 bits per heavy atom. The van der Waals surface area contributed by atoms with Crippen molar-refractivity contribution in [3.8, 4) is 0 Å². The van der Waals surface area contributed by atoms with Crippen LogP contribution >= 0.6 is 0 Å². The molecule has 3 heterocycles. The van der Waals surface area contributed by atoms with E-state index < -0.39 is 0 Å². The van der Waals surface area contributed by atoms with Crippen molar-refractivity contribution >= 4 is 5.95 Å². The Bertz CT molecular complexity index is 549. The van der Waals surface area contributed by atoms with E-state index in [0.717, 1.165) is 32.1 Å². The molecule has 0 aromatic carbocycles. The third-order valence-electron chi connectivity index (χ3n) is 3.60. The van der Waals surface area contributed by atoms with Crippen LogP contribution in [0.1, 0.15) is 24.7 Å². The molecule has 7 nitrogen and oxygen atoms in total. The molecule has 1 aliphatic rings. The molecule has 1 saturated heterocycles. The molecule has 0 N–H and O–H groups in total. The summed E-state index contributed by atoms with van der Waals surface area (Å²) in [7, 11) is 0. The quantitative estimate of drug-likeness (QED) is 0.828. The van der Waals surface area contributed by atoms with Crippen LogP contribution in [-0.2, 0) is 0 Å². The van der Waals surface area contributed by atoms with Gasteiger partial charge in [0.05, 0.1) is 6.04 Å². The van der Waals surface area contributed by atoms with E-state index >= 15 is 0 Å². The summed E-state index contributed by atoms with van der Waals surface area (Å²) in [6.07, 6.45) is 3.55. The fraction of sp³-hybridized carbons (Fsp3) is 0.538. The van der Waals surface area contributed by atoms with Crippen molar-refractivity contribution in [3.63, 3.8) is 0 Å². The van der Waals surface area contributed by atoms with Gasteiger partial charge in [-0.3, -0.25) is 4.90 Å². The van der Waals surface area contributed by atoms with Gasteiger partial charge in [-0.05, 0) is 19.9 Å². The first-order chi connectivity index (χ1) is 9.74. The lowest BCUT2D eigenvalue weighted by atomic mass is 10.2. The second kappa shape index (κ2) is 5.54. The van der Waals surface area contributed by atoms with Gasteiger partial charge in [0, 0.05) is 38.6 Å². The number of aryl methyl sites for hydroxylation is 1. The molecule has 2 aromatic heterocycles. The highest BCUT2D eigenvalue weighted by molar-refractivity contribution is 5.29. The Morgan fingerprint density at radius 1 is 1.15 bits per heavy atom. The smallest absolute Gasteiger partial charge is 0.243 e. The molecule has 0 bridgehead atoms. The highest BCUT2D eigenvalue weighted by atomic mass is 16.5. The van der Waals surface area contributed by atoms with Crippen molar-refractivity contribution in [1.29, 1.82) is 0 Å². The highest BCUT2D eigenvalue weighted by Gasteiger charge is 2.26. The van der Waals surface area contributed by atoms with E-state index in [1.165, 1.54) is 0 Å². The number of nitrogens with zero attached hydrogens (tertiary/aromatic N) is 6. The molecule has 0 radical (unpaired) electrons. The lowest BCUT2D eigenvalue weighted by molar-refractivity contribution is 0.163. The molecule has 1 fully saturated rings. The number of anilines is 1. The highest BCUT2D eigenvalue weighted by Crippen LogP contribution is 2.21. The van der Waals surface area contributed by atoms with Crippen LogP contribution in [0.2, 0.25) is 0 Å². The molecule has 0 spiro atoms. The van der Waals surface area contributed by atoms with Gasteiger partial charge in [0.2, 0.25) is 11.8 Å². The minimum absolute atomic E-state index is 0.148. The zero-order valence-corrected chi connectivity index (χ0v) is 11.7. The van der Waals surface area contributed by atoms with E-state index in [1.807, 2.05) is 13.0 Å². The molecule has 3 rings (SSSR count). The van der Waals surface area contributed by atoms with Gasteiger partial charge in [-0.25, -0.2) is 9.97 Å². The summed E-state index contributed by atoms with van der Waals surface area (Å²) in [6.45, 7) is 7.61. The summed E-state index contributed by atoms with van der Waals surface area (Å²) in [4.78, 5) is 17.4. The number of aromatic nitrogens is 4. The van der Waals surface area contributed by atoms with Gasteiger partial charge in [0.25, 0.3) is 0 Å². The molecule has 106 valence electrons. The van der Waals surface area contributed by atoms with E-state index in [1.54, 1.807) is 12.4 Å².